The van der Waals surface area contributed by atoms with Crippen LogP contribution in [0.4, 0.5) is 0 Å². The lowest BCUT2D eigenvalue weighted by atomic mass is 10.1. The molecular formula is C18H19NO. The van der Waals surface area contributed by atoms with E-state index < -0.39 is 0 Å². The fourth-order valence-electron chi connectivity index (χ4n) is 2.14. The van der Waals surface area contributed by atoms with Crippen LogP contribution in [0.1, 0.15) is 19.4 Å². The number of benzene rings is 2. The maximum absolute atomic E-state index is 6.81. The number of fused-ring (bicyclic) bond motifs is 3. The molecule has 1 N–H and O–H groups in total. The average molecular weight is 265 g/mol. The second-order valence-corrected chi connectivity index (χ2v) is 4.73. The highest BCUT2D eigenvalue weighted by Crippen LogP contribution is 2.29. The molecule has 3 rings (SSSR count). The Bertz CT molecular complexity index is 765. The molecule has 0 spiro atoms. The number of hydrogen-bond acceptors (Lipinski definition) is 2. The molecular weight excluding hydrogens is 246 g/mol. The Kier molecular flexibility index (Phi) is 4.36. The van der Waals surface area contributed by atoms with Gasteiger partial charge in [0.15, 0.2) is 0 Å². The molecule has 2 aromatic carbocycles. The van der Waals surface area contributed by atoms with Gasteiger partial charge < -0.3 is 9.83 Å². The van der Waals surface area contributed by atoms with Crippen molar-refractivity contribution in [3.8, 4) is 0 Å². The fraction of sp³-hybridized carbons (Fsp3) is 0.167. The number of nitrogens with one attached hydrogen (secondary N) is 1. The molecule has 0 saturated carbocycles. The summed E-state index contributed by atoms with van der Waals surface area (Å²) in [6.45, 7) is 5.72. The van der Waals surface area contributed by atoms with Crippen molar-refractivity contribution in [2.45, 2.75) is 20.8 Å². The zero-order valence-corrected chi connectivity index (χ0v) is 12.1. The minimum absolute atomic E-state index is 0.609. The van der Waals surface area contributed by atoms with Crippen molar-refractivity contribution in [2.75, 3.05) is 0 Å². The molecule has 1 heterocycles. The van der Waals surface area contributed by atoms with Crippen molar-refractivity contribution in [1.29, 1.82) is 5.41 Å². The van der Waals surface area contributed by atoms with Gasteiger partial charge in [0.05, 0.1) is 0 Å². The molecule has 0 aliphatic rings. The summed E-state index contributed by atoms with van der Waals surface area (Å²) in [6, 6.07) is 14.4. The summed E-state index contributed by atoms with van der Waals surface area (Å²) in [5.74, 6) is 0. The Balaban J connectivity index is 0.000000212. The van der Waals surface area contributed by atoms with Crippen molar-refractivity contribution in [1.82, 2.24) is 0 Å². The van der Waals surface area contributed by atoms with Crippen LogP contribution in [0.25, 0.3) is 21.9 Å². The van der Waals surface area contributed by atoms with Gasteiger partial charge in [0.1, 0.15) is 11.2 Å². The van der Waals surface area contributed by atoms with E-state index in [0.29, 0.717) is 5.71 Å². The molecule has 1 aromatic heterocycles. The first kappa shape index (κ1) is 14.1. The molecule has 0 fully saturated rings. The quantitative estimate of drug-likeness (QED) is 0.580. The van der Waals surface area contributed by atoms with Crippen LogP contribution >= 0.6 is 0 Å². The van der Waals surface area contributed by atoms with Gasteiger partial charge in [-0.3, -0.25) is 0 Å². The van der Waals surface area contributed by atoms with Crippen LogP contribution < -0.4 is 0 Å². The number of hydrogen-bond donors (Lipinski definition) is 1. The molecule has 0 bridgehead atoms. The standard InChI is InChI=1S/C13H10O.C5H9N/c1-9-5-4-7-11-10-6-2-3-8-12(10)14-13(9)11;1-3-4-5(2)6/h2-8H,1H3;3-4,6H,1-2H3/b;4-3-,6-5?. The molecule has 0 atom stereocenters. The van der Waals surface area contributed by atoms with Gasteiger partial charge in [-0.15, -0.1) is 0 Å². The Labute approximate surface area is 119 Å². The van der Waals surface area contributed by atoms with E-state index in [1.165, 1.54) is 16.3 Å². The van der Waals surface area contributed by atoms with Crippen molar-refractivity contribution < 1.29 is 4.42 Å². The van der Waals surface area contributed by atoms with E-state index in [1.54, 1.807) is 13.0 Å². The number of furan rings is 1. The highest BCUT2D eigenvalue weighted by molar-refractivity contribution is 6.05. The maximum atomic E-state index is 6.81. The van der Waals surface area contributed by atoms with Gasteiger partial charge in [0.25, 0.3) is 0 Å². The number of allylic oxidation sites excluding steroid dienone is 2. The first-order valence-corrected chi connectivity index (χ1v) is 6.68. The third-order valence-electron chi connectivity index (χ3n) is 3.02. The lowest BCUT2D eigenvalue weighted by Crippen LogP contribution is -1.74. The molecule has 0 saturated heterocycles. The highest BCUT2D eigenvalue weighted by atomic mass is 16.3. The minimum atomic E-state index is 0.609. The normalized spacial score (nSPS) is 10.8. The number of rotatable bonds is 1. The predicted octanol–water partition coefficient (Wildman–Crippen LogP) is 5.50. The van der Waals surface area contributed by atoms with Crippen molar-refractivity contribution >= 4 is 27.7 Å². The molecule has 0 amide bonds. The van der Waals surface area contributed by atoms with Gasteiger partial charge in [0, 0.05) is 16.5 Å². The summed E-state index contributed by atoms with van der Waals surface area (Å²) in [6.07, 6.45) is 3.60. The van der Waals surface area contributed by atoms with Crippen molar-refractivity contribution in [2.24, 2.45) is 0 Å². The minimum Gasteiger partial charge on any atom is -0.456 e. The predicted molar refractivity (Wildman–Crippen MR) is 86.7 cm³/mol. The molecule has 2 heteroatoms. The van der Waals surface area contributed by atoms with E-state index in [4.69, 9.17) is 9.83 Å². The lowest BCUT2D eigenvalue weighted by molar-refractivity contribution is 0.666. The Morgan fingerprint density at radius 2 is 1.75 bits per heavy atom. The zero-order valence-electron chi connectivity index (χ0n) is 12.1. The Morgan fingerprint density at radius 1 is 1.05 bits per heavy atom. The fourth-order valence-corrected chi connectivity index (χ4v) is 2.14. The maximum Gasteiger partial charge on any atom is 0.138 e. The largest absolute Gasteiger partial charge is 0.456 e. The second kappa shape index (κ2) is 6.20. The van der Waals surface area contributed by atoms with Crippen LogP contribution in [-0.2, 0) is 0 Å². The van der Waals surface area contributed by atoms with Crippen LogP contribution in [0.3, 0.4) is 0 Å². The van der Waals surface area contributed by atoms with E-state index in [1.807, 2.05) is 31.2 Å². The van der Waals surface area contributed by atoms with Crippen LogP contribution in [0.2, 0.25) is 0 Å². The number of aryl methyl sites for hydroxylation is 1. The third-order valence-corrected chi connectivity index (χ3v) is 3.02. The molecule has 0 aliphatic carbocycles. The van der Waals surface area contributed by atoms with Gasteiger partial charge in [-0.25, -0.2) is 0 Å². The molecule has 102 valence electrons. The summed E-state index contributed by atoms with van der Waals surface area (Å²) in [4.78, 5) is 0. The molecule has 0 unspecified atom stereocenters. The first-order valence-electron chi connectivity index (χ1n) is 6.68. The van der Waals surface area contributed by atoms with Crippen LogP contribution in [-0.4, -0.2) is 5.71 Å². The molecule has 0 radical (unpaired) electrons. The summed E-state index contributed by atoms with van der Waals surface area (Å²) < 4.78 is 5.78. The molecule has 2 nitrogen and oxygen atoms in total. The smallest absolute Gasteiger partial charge is 0.138 e. The van der Waals surface area contributed by atoms with Crippen molar-refractivity contribution in [3.63, 3.8) is 0 Å². The summed E-state index contributed by atoms with van der Waals surface area (Å²) in [7, 11) is 0. The first-order chi connectivity index (χ1) is 9.63. The monoisotopic (exact) mass is 265 g/mol. The van der Waals surface area contributed by atoms with Gasteiger partial charge >= 0.3 is 0 Å². The summed E-state index contributed by atoms with van der Waals surface area (Å²) in [5.41, 5.74) is 3.78. The molecule has 3 aromatic rings. The van der Waals surface area contributed by atoms with E-state index in [-0.39, 0.29) is 0 Å². The number of para-hydroxylation sites is 2. The lowest BCUT2D eigenvalue weighted by Gasteiger charge is -1.91. The van der Waals surface area contributed by atoms with E-state index in [0.717, 1.165) is 11.2 Å². The van der Waals surface area contributed by atoms with E-state index in [9.17, 15) is 0 Å². The van der Waals surface area contributed by atoms with Crippen molar-refractivity contribution in [3.05, 3.63) is 60.2 Å². The molecule has 20 heavy (non-hydrogen) atoms. The summed E-state index contributed by atoms with van der Waals surface area (Å²) >= 11 is 0. The Hall–Kier alpha value is -2.35. The van der Waals surface area contributed by atoms with Gasteiger partial charge in [0.2, 0.25) is 0 Å². The second-order valence-electron chi connectivity index (χ2n) is 4.73. The Morgan fingerprint density at radius 3 is 2.40 bits per heavy atom. The van der Waals surface area contributed by atoms with Gasteiger partial charge in [-0.05, 0) is 38.5 Å². The summed E-state index contributed by atoms with van der Waals surface area (Å²) in [5, 5.41) is 9.22. The average Bonchev–Trinajstić information content (AvgIpc) is 2.80. The third kappa shape index (κ3) is 2.97. The zero-order chi connectivity index (χ0) is 14.5. The van der Waals surface area contributed by atoms with E-state index in [2.05, 4.69) is 31.2 Å². The van der Waals surface area contributed by atoms with Gasteiger partial charge in [-0.1, -0.05) is 42.5 Å². The highest BCUT2D eigenvalue weighted by Gasteiger charge is 2.06. The molecule has 0 aliphatic heterocycles. The van der Waals surface area contributed by atoms with E-state index >= 15 is 0 Å². The van der Waals surface area contributed by atoms with Crippen LogP contribution in [0.15, 0.2) is 59.0 Å². The van der Waals surface area contributed by atoms with Gasteiger partial charge in [-0.2, -0.15) is 0 Å². The van der Waals surface area contributed by atoms with Crippen LogP contribution in [0, 0.1) is 12.3 Å². The topological polar surface area (TPSA) is 37.0 Å². The van der Waals surface area contributed by atoms with Crippen LogP contribution in [0.5, 0.6) is 0 Å². The SMILES string of the molecule is C/C=C\C(C)=N.Cc1cccc2c1oc1ccccc12.